The molecule has 6 rings (SSSR count). The normalized spacial score (nSPS) is 26.1. The topological polar surface area (TPSA) is 291 Å². The van der Waals surface area contributed by atoms with Gasteiger partial charge in [0.25, 0.3) is 0 Å². The Balaban J connectivity index is 1.46. The number of rotatable bonds is 17. The number of carbonyl (C=O) groups excluding carboxylic acids is 12. The van der Waals surface area contributed by atoms with E-state index in [0.29, 0.717) is 38.6 Å². The highest BCUT2D eigenvalue weighted by Gasteiger charge is 2.51. The van der Waals surface area contributed by atoms with Crippen molar-refractivity contribution in [1.82, 2.24) is 65.4 Å². The van der Waals surface area contributed by atoms with Crippen LogP contribution in [0.25, 0.3) is 0 Å². The van der Waals surface area contributed by atoms with E-state index in [2.05, 4.69) is 21.3 Å². The quantitative estimate of drug-likeness (QED) is 0.154. The third-order valence-electron chi connectivity index (χ3n) is 22.0. The molecule has 578 valence electrons. The molecular weight excluding hydrogens is 1360 g/mol. The maximum absolute atomic E-state index is 15.6. The molecule has 0 radical (unpaired) electrons. The maximum Gasteiger partial charge on any atom is 0.417 e. The lowest BCUT2D eigenvalue weighted by atomic mass is 9.84. The smallest absolute Gasteiger partial charge is 0.378 e. The Kier molecular flexibility index (Phi) is 31.5. The van der Waals surface area contributed by atoms with E-state index in [9.17, 15) is 51.5 Å². The zero-order valence-electron chi connectivity index (χ0n) is 63.1. The molecule has 26 nitrogen and oxygen atoms in total. The minimum Gasteiger partial charge on any atom is -0.378 e. The Morgan fingerprint density at radius 3 is 1.94 bits per heavy atom. The fourth-order valence-electron chi connectivity index (χ4n) is 15.1. The summed E-state index contributed by atoms with van der Waals surface area (Å²) in [5.41, 5.74) is -2.44. The van der Waals surface area contributed by atoms with Crippen LogP contribution in [-0.4, -0.2) is 278 Å². The first kappa shape index (κ1) is 84.8. The first-order chi connectivity index (χ1) is 48.5. The van der Waals surface area contributed by atoms with E-state index < -0.39 is 173 Å². The van der Waals surface area contributed by atoms with Crippen molar-refractivity contribution in [3.8, 4) is 0 Å². The standard InChI is InChI=1S/C73H115ClF3N13O13/c1-15-46(4)61-69(100)84(10)47(5)64(95)90-35-31-54(90)68(99)86(12)56(41-48-23-17-16-18-24-48)67(98)83(9)43-58(91)79-53(30-28-49-27-29-51(52(74)40-49)73(75,76)77)65(96)89(36-38-103-37-34-78-6)44-59(92)81-72(32-21-22-33-72)71(102)88(14)62(50-25-19-20-26-50)70(101)87(13)57(66(97)82(7)8)42-60(93)85(11)55(39-45(2)3)63(94)80-61/h27,29,40,45-48,50,53-57,61-62,78H,15-26,28,30-39,41-44H2,1-14H3,(H,79,91)(H,80,94)(H,81,92)/t46-,47-,53-,54-,55-,56-,57-,61-,62-/m0/s1. The minimum atomic E-state index is -4.78. The molecule has 12 amide bonds. The van der Waals surface area contributed by atoms with Gasteiger partial charge in [0.2, 0.25) is 70.9 Å². The molecular formula is C73H115ClF3N13O13. The van der Waals surface area contributed by atoms with Gasteiger partial charge in [0, 0.05) is 76.0 Å². The first-order valence-corrected chi connectivity index (χ1v) is 37.2. The second-order valence-corrected chi connectivity index (χ2v) is 30.4. The molecule has 0 unspecified atom stereocenters. The van der Waals surface area contributed by atoms with Gasteiger partial charge in [-0.05, 0) is 113 Å². The SMILES string of the molecule is CC[C@H](C)[C@@H]1NC(=O)[C@H](CC(C)C)N(C)C(=O)C[C@@H](C(=O)N(C)C)N(C)C(=O)[C@H](C2CCCC2)N(C)C(=O)C2(CCCC2)NC(=O)CN(CCOCCNC)C(=O)[C@H](CCc2ccc(C(F)(F)F)c(Cl)c2)NC(=O)CN(C)C(=O)[C@H](CC2CCCCC2)N(C)C(=O)[C@@H]2CCN2C(=O)[C@H](C)N(C)C1=O. The average Bonchev–Trinajstić information content (AvgIpc) is 1.76. The van der Waals surface area contributed by atoms with Crippen LogP contribution in [0.4, 0.5) is 13.2 Å². The lowest BCUT2D eigenvalue weighted by molar-refractivity contribution is -0.160. The van der Waals surface area contributed by atoms with E-state index in [1.807, 2.05) is 20.8 Å². The van der Waals surface area contributed by atoms with E-state index in [-0.39, 0.29) is 88.6 Å². The van der Waals surface area contributed by atoms with Gasteiger partial charge < -0.3 is 70.1 Å². The van der Waals surface area contributed by atoms with E-state index in [0.717, 1.165) is 66.9 Å². The zero-order valence-corrected chi connectivity index (χ0v) is 63.9. The summed E-state index contributed by atoms with van der Waals surface area (Å²) in [7, 11) is 13.2. The van der Waals surface area contributed by atoms with Crippen molar-refractivity contribution in [2.24, 2.45) is 23.7 Å². The highest BCUT2D eigenvalue weighted by Crippen LogP contribution is 2.38. The van der Waals surface area contributed by atoms with Crippen LogP contribution in [0.5, 0.6) is 0 Å². The minimum absolute atomic E-state index is 0.00477. The highest BCUT2D eigenvalue weighted by molar-refractivity contribution is 6.31. The Morgan fingerprint density at radius 1 is 0.728 bits per heavy atom. The van der Waals surface area contributed by atoms with Crippen LogP contribution in [0.2, 0.25) is 5.02 Å². The maximum atomic E-state index is 15.6. The Morgan fingerprint density at radius 2 is 1.37 bits per heavy atom. The number of fused-ring (bicyclic) bond motifs is 1. The summed E-state index contributed by atoms with van der Waals surface area (Å²) < 4.78 is 47.7. The van der Waals surface area contributed by atoms with Crippen LogP contribution in [0.3, 0.4) is 0 Å². The predicted molar refractivity (Wildman–Crippen MR) is 381 cm³/mol. The summed E-state index contributed by atoms with van der Waals surface area (Å²) in [6, 6.07) is -6.86. The van der Waals surface area contributed by atoms with E-state index in [4.69, 9.17) is 16.3 Å². The molecule has 2 aliphatic heterocycles. The summed E-state index contributed by atoms with van der Waals surface area (Å²) in [6.07, 6.45) is 3.18. The summed E-state index contributed by atoms with van der Waals surface area (Å²) in [5, 5.41) is 11.0. The van der Waals surface area contributed by atoms with Crippen molar-refractivity contribution in [2.45, 2.75) is 223 Å². The van der Waals surface area contributed by atoms with Crippen LogP contribution in [0, 0.1) is 23.7 Å². The summed E-state index contributed by atoms with van der Waals surface area (Å²) in [6.45, 7) is 7.84. The Bertz CT molecular complexity index is 3160. The largest absolute Gasteiger partial charge is 0.417 e. The van der Waals surface area contributed by atoms with Gasteiger partial charge in [0.1, 0.15) is 53.9 Å². The van der Waals surface area contributed by atoms with E-state index in [1.165, 1.54) is 104 Å². The number of nitrogens with zero attached hydrogens (tertiary/aromatic N) is 9. The third-order valence-corrected chi connectivity index (χ3v) is 22.3. The molecule has 5 aliphatic rings. The Hall–Kier alpha value is -7.14. The number of hydrogen-bond acceptors (Lipinski definition) is 14. The molecule has 3 saturated carbocycles. The van der Waals surface area contributed by atoms with Gasteiger partial charge in [0.15, 0.2) is 0 Å². The molecule has 4 N–H and O–H groups in total. The number of benzene rings is 1. The number of halogens is 4. The summed E-state index contributed by atoms with van der Waals surface area (Å²) in [5.74, 6) is -9.22. The number of amides is 12. The second kappa shape index (κ2) is 38.2. The van der Waals surface area contributed by atoms with Crippen LogP contribution in [0.1, 0.15) is 168 Å². The number of likely N-dealkylation sites (N-methyl/N-ethyl adjacent to an activating group) is 8. The van der Waals surface area contributed by atoms with Crippen LogP contribution in [-0.2, 0) is 74.9 Å². The number of aryl methyl sites for hydroxylation is 1. The number of hydrogen-bond donors (Lipinski definition) is 4. The van der Waals surface area contributed by atoms with Gasteiger partial charge in [0.05, 0.1) is 43.3 Å². The van der Waals surface area contributed by atoms with Crippen LogP contribution >= 0.6 is 11.6 Å². The molecule has 0 bridgehead atoms. The van der Waals surface area contributed by atoms with Crippen molar-refractivity contribution in [1.29, 1.82) is 0 Å². The molecule has 2 saturated heterocycles. The molecule has 3 aliphatic carbocycles. The third kappa shape index (κ3) is 21.8. The molecule has 1 spiro atoms. The first-order valence-electron chi connectivity index (χ1n) is 36.9. The van der Waals surface area contributed by atoms with Crippen molar-refractivity contribution < 1.29 is 75.4 Å². The fourth-order valence-corrected chi connectivity index (χ4v) is 15.4. The Labute approximate surface area is 611 Å². The molecule has 1 aromatic rings. The van der Waals surface area contributed by atoms with Crippen LogP contribution < -0.4 is 21.3 Å². The van der Waals surface area contributed by atoms with Gasteiger partial charge in [-0.25, -0.2) is 0 Å². The second-order valence-electron chi connectivity index (χ2n) is 30.0. The molecule has 9 atom stereocenters. The van der Waals surface area contributed by atoms with Gasteiger partial charge in [-0.2, -0.15) is 13.2 Å². The number of nitrogens with one attached hydrogen (secondary N) is 4. The summed E-state index contributed by atoms with van der Waals surface area (Å²) in [4.78, 5) is 191. The molecule has 30 heteroatoms. The average molecular weight is 1480 g/mol. The van der Waals surface area contributed by atoms with Crippen molar-refractivity contribution in [3.05, 3.63) is 34.3 Å². The summed E-state index contributed by atoms with van der Waals surface area (Å²) >= 11 is 6.18. The van der Waals surface area contributed by atoms with Crippen molar-refractivity contribution in [3.63, 3.8) is 0 Å². The number of ether oxygens (including phenoxy) is 1. The monoisotopic (exact) mass is 1470 g/mol. The molecule has 5 fully saturated rings. The van der Waals surface area contributed by atoms with Gasteiger partial charge in [-0.3, -0.25) is 57.5 Å². The van der Waals surface area contributed by atoms with Gasteiger partial charge in [-0.15, -0.1) is 0 Å². The van der Waals surface area contributed by atoms with Crippen molar-refractivity contribution >= 4 is 82.5 Å². The van der Waals surface area contributed by atoms with Crippen molar-refractivity contribution in [2.75, 3.05) is 109 Å². The molecule has 0 aromatic heterocycles. The van der Waals surface area contributed by atoms with Gasteiger partial charge in [-0.1, -0.05) is 110 Å². The lowest BCUT2D eigenvalue weighted by Crippen LogP contribution is -2.65. The van der Waals surface area contributed by atoms with Gasteiger partial charge >= 0.3 is 6.18 Å². The number of alkyl halides is 3. The predicted octanol–water partition coefficient (Wildman–Crippen LogP) is 4.71. The molecule has 1 aromatic carbocycles. The van der Waals surface area contributed by atoms with Crippen LogP contribution in [0.15, 0.2) is 18.2 Å². The number of carbonyl (C=O) groups is 12. The van der Waals surface area contributed by atoms with E-state index >= 15 is 19.2 Å². The lowest BCUT2D eigenvalue weighted by Gasteiger charge is -2.45. The highest BCUT2D eigenvalue weighted by atomic mass is 35.5. The zero-order chi connectivity index (χ0) is 76.5. The molecule has 2 heterocycles. The fraction of sp³-hybridized carbons (Fsp3) is 0.753. The van der Waals surface area contributed by atoms with E-state index in [1.54, 1.807) is 14.0 Å². The molecule has 103 heavy (non-hydrogen) atoms.